The van der Waals surface area contributed by atoms with Crippen LogP contribution in [0.5, 0.6) is 0 Å². The Bertz CT molecular complexity index is 496. The van der Waals surface area contributed by atoms with Crippen molar-refractivity contribution in [2.24, 2.45) is 7.05 Å². The van der Waals surface area contributed by atoms with Crippen LogP contribution >= 0.6 is 23.2 Å². The Balaban J connectivity index is 2.07. The van der Waals surface area contributed by atoms with Gasteiger partial charge in [-0.1, -0.05) is 11.6 Å². The Morgan fingerprint density at radius 2 is 2.19 bits per heavy atom. The van der Waals surface area contributed by atoms with Gasteiger partial charge in [-0.3, -0.25) is 4.68 Å². The van der Waals surface area contributed by atoms with Crippen molar-refractivity contribution in [2.45, 2.75) is 6.54 Å². The van der Waals surface area contributed by atoms with Crippen LogP contribution in [-0.2, 0) is 13.6 Å². The Morgan fingerprint density at radius 3 is 2.88 bits per heavy atom. The van der Waals surface area contributed by atoms with E-state index in [1.165, 1.54) is 6.20 Å². The van der Waals surface area contributed by atoms with Crippen LogP contribution in [0, 0.1) is 0 Å². The third-order valence-electron chi connectivity index (χ3n) is 1.93. The summed E-state index contributed by atoms with van der Waals surface area (Å²) in [6.45, 7) is 0.584. The predicted octanol–water partition coefficient (Wildman–Crippen LogP) is 2.13. The molecule has 16 heavy (non-hydrogen) atoms. The van der Waals surface area contributed by atoms with Crippen LogP contribution in [0.25, 0.3) is 0 Å². The van der Waals surface area contributed by atoms with E-state index in [9.17, 15) is 0 Å². The first-order chi connectivity index (χ1) is 7.65. The fraction of sp³-hybridized carbons (Fsp3) is 0.222. The van der Waals surface area contributed by atoms with Crippen LogP contribution in [0.3, 0.4) is 0 Å². The molecule has 0 atom stereocenters. The third-order valence-corrected chi connectivity index (χ3v) is 2.39. The van der Waals surface area contributed by atoms with Gasteiger partial charge < -0.3 is 5.32 Å². The van der Waals surface area contributed by atoms with E-state index >= 15 is 0 Å². The minimum atomic E-state index is 0.165. The molecule has 2 heterocycles. The number of hydrogen-bond donors (Lipinski definition) is 1. The van der Waals surface area contributed by atoms with Crippen molar-refractivity contribution in [2.75, 3.05) is 5.32 Å². The molecule has 2 rings (SSSR count). The van der Waals surface area contributed by atoms with Crippen LogP contribution in [0.1, 0.15) is 5.56 Å². The third kappa shape index (κ3) is 2.62. The molecule has 0 saturated heterocycles. The van der Waals surface area contributed by atoms with E-state index in [-0.39, 0.29) is 5.28 Å². The average Bonchev–Trinajstić information content (AvgIpc) is 2.66. The molecule has 0 aliphatic carbocycles. The number of nitrogens with zero attached hydrogens (tertiary/aromatic N) is 4. The minimum absolute atomic E-state index is 0.165. The maximum absolute atomic E-state index is 5.90. The SMILES string of the molecule is Cn1cc(CNc2nc(Cl)ncc2Cl)cn1. The number of rotatable bonds is 3. The summed E-state index contributed by atoms with van der Waals surface area (Å²) in [5, 5.41) is 7.72. The van der Waals surface area contributed by atoms with Crippen molar-refractivity contribution >= 4 is 29.0 Å². The zero-order valence-corrected chi connectivity index (χ0v) is 10.00. The number of hydrogen-bond acceptors (Lipinski definition) is 4. The van der Waals surface area contributed by atoms with Crippen molar-refractivity contribution in [3.8, 4) is 0 Å². The van der Waals surface area contributed by atoms with Gasteiger partial charge in [-0.25, -0.2) is 4.98 Å². The summed E-state index contributed by atoms with van der Waals surface area (Å²) in [5.41, 5.74) is 1.04. The summed E-state index contributed by atoms with van der Waals surface area (Å²) in [4.78, 5) is 7.74. The van der Waals surface area contributed by atoms with Crippen molar-refractivity contribution in [3.63, 3.8) is 0 Å². The molecular weight excluding hydrogens is 249 g/mol. The molecule has 1 N–H and O–H groups in total. The van der Waals surface area contributed by atoms with Gasteiger partial charge in [-0.05, 0) is 11.6 Å². The van der Waals surface area contributed by atoms with Gasteiger partial charge in [0.05, 0.1) is 12.4 Å². The molecule has 0 saturated carbocycles. The van der Waals surface area contributed by atoms with Crippen LogP contribution in [0.4, 0.5) is 5.82 Å². The van der Waals surface area contributed by atoms with Crippen molar-refractivity contribution in [1.29, 1.82) is 0 Å². The summed E-state index contributed by atoms with van der Waals surface area (Å²) >= 11 is 11.6. The number of aryl methyl sites for hydroxylation is 1. The van der Waals surface area contributed by atoms with Crippen LogP contribution in [0.2, 0.25) is 10.3 Å². The van der Waals surface area contributed by atoms with Gasteiger partial charge in [0, 0.05) is 25.4 Å². The molecule has 0 spiro atoms. The number of nitrogens with one attached hydrogen (secondary N) is 1. The summed E-state index contributed by atoms with van der Waals surface area (Å²) < 4.78 is 1.73. The minimum Gasteiger partial charge on any atom is -0.364 e. The topological polar surface area (TPSA) is 55.6 Å². The van der Waals surface area contributed by atoms with Gasteiger partial charge in [0.15, 0.2) is 0 Å². The lowest BCUT2D eigenvalue weighted by atomic mass is 10.3. The number of aromatic nitrogens is 4. The van der Waals surface area contributed by atoms with Crippen LogP contribution in [0.15, 0.2) is 18.6 Å². The zero-order valence-electron chi connectivity index (χ0n) is 8.48. The predicted molar refractivity (Wildman–Crippen MR) is 62.6 cm³/mol. The highest BCUT2D eigenvalue weighted by Gasteiger charge is 2.04. The van der Waals surface area contributed by atoms with E-state index < -0.39 is 0 Å². The van der Waals surface area contributed by atoms with E-state index in [1.54, 1.807) is 10.9 Å². The normalized spacial score (nSPS) is 10.4. The van der Waals surface area contributed by atoms with Gasteiger partial charge in [0.2, 0.25) is 5.28 Å². The van der Waals surface area contributed by atoms with E-state index in [2.05, 4.69) is 20.4 Å². The first-order valence-corrected chi connectivity index (χ1v) is 5.30. The van der Waals surface area contributed by atoms with Gasteiger partial charge in [0.1, 0.15) is 10.8 Å². The lowest BCUT2D eigenvalue weighted by molar-refractivity contribution is 0.767. The Labute approximate surface area is 102 Å². The first-order valence-electron chi connectivity index (χ1n) is 4.54. The van der Waals surface area contributed by atoms with E-state index in [1.807, 2.05) is 13.2 Å². The first kappa shape index (κ1) is 11.2. The molecule has 0 amide bonds. The van der Waals surface area contributed by atoms with E-state index in [0.717, 1.165) is 5.56 Å². The van der Waals surface area contributed by atoms with Gasteiger partial charge >= 0.3 is 0 Å². The zero-order chi connectivity index (χ0) is 11.5. The second kappa shape index (κ2) is 4.67. The lowest BCUT2D eigenvalue weighted by Crippen LogP contribution is -2.02. The highest BCUT2D eigenvalue weighted by atomic mass is 35.5. The second-order valence-electron chi connectivity index (χ2n) is 3.21. The van der Waals surface area contributed by atoms with Crippen molar-refractivity contribution < 1.29 is 0 Å². The van der Waals surface area contributed by atoms with Crippen LogP contribution < -0.4 is 5.32 Å². The molecule has 5 nitrogen and oxygen atoms in total. The molecule has 0 bridgehead atoms. The molecule has 0 radical (unpaired) electrons. The quantitative estimate of drug-likeness (QED) is 0.857. The molecule has 0 aromatic carbocycles. The number of halogens is 2. The molecule has 2 aromatic heterocycles. The molecule has 2 aromatic rings. The Hall–Kier alpha value is -1.33. The molecule has 84 valence electrons. The Morgan fingerprint density at radius 1 is 1.38 bits per heavy atom. The highest BCUT2D eigenvalue weighted by molar-refractivity contribution is 6.33. The molecule has 7 heteroatoms. The fourth-order valence-corrected chi connectivity index (χ4v) is 1.51. The van der Waals surface area contributed by atoms with Crippen LogP contribution in [-0.4, -0.2) is 19.7 Å². The molecule has 0 aliphatic rings. The van der Waals surface area contributed by atoms with E-state index in [4.69, 9.17) is 23.2 Å². The van der Waals surface area contributed by atoms with Gasteiger partial charge in [-0.15, -0.1) is 0 Å². The number of anilines is 1. The summed E-state index contributed by atoms with van der Waals surface area (Å²) in [5.74, 6) is 0.519. The highest BCUT2D eigenvalue weighted by Crippen LogP contribution is 2.19. The summed E-state index contributed by atoms with van der Waals surface area (Å²) in [7, 11) is 1.86. The maximum Gasteiger partial charge on any atom is 0.224 e. The lowest BCUT2D eigenvalue weighted by Gasteiger charge is -2.05. The smallest absolute Gasteiger partial charge is 0.224 e. The van der Waals surface area contributed by atoms with Crippen molar-refractivity contribution in [1.82, 2.24) is 19.7 Å². The molecule has 0 fully saturated rings. The molecular formula is C9H9Cl2N5. The van der Waals surface area contributed by atoms with Crippen molar-refractivity contribution in [3.05, 3.63) is 34.5 Å². The largest absolute Gasteiger partial charge is 0.364 e. The fourth-order valence-electron chi connectivity index (χ4n) is 1.22. The second-order valence-corrected chi connectivity index (χ2v) is 3.96. The Kier molecular flexibility index (Phi) is 3.26. The summed E-state index contributed by atoms with van der Waals surface area (Å²) in [6.07, 6.45) is 5.13. The standard InChI is InChI=1S/C9H9Cl2N5/c1-16-5-6(3-14-16)2-12-8-7(10)4-13-9(11)15-8/h3-5H,2H2,1H3,(H,12,13,15). The monoisotopic (exact) mass is 257 g/mol. The average molecular weight is 258 g/mol. The molecule has 0 aliphatic heterocycles. The van der Waals surface area contributed by atoms with E-state index in [0.29, 0.717) is 17.4 Å². The van der Waals surface area contributed by atoms with Gasteiger partial charge in [-0.2, -0.15) is 10.1 Å². The maximum atomic E-state index is 5.90. The molecule has 0 unspecified atom stereocenters. The van der Waals surface area contributed by atoms with Gasteiger partial charge in [0.25, 0.3) is 0 Å². The summed E-state index contributed by atoms with van der Waals surface area (Å²) in [6, 6.07) is 0.